The molecule has 0 aliphatic heterocycles. The zero-order chi connectivity index (χ0) is 26.6. The van der Waals surface area contributed by atoms with E-state index in [-0.39, 0.29) is 0 Å². The first kappa shape index (κ1) is 22.7. The highest BCUT2D eigenvalue weighted by atomic mass is 15.1. The van der Waals surface area contributed by atoms with Crippen LogP contribution in [0.1, 0.15) is 12.7 Å². The molecule has 4 heterocycles. The Hall–Kier alpha value is -5.29. The Balaban J connectivity index is 1.25. The molecule has 0 spiro atoms. The molecule has 0 unspecified atom stereocenters. The zero-order valence-corrected chi connectivity index (χ0v) is 22.0. The first-order chi connectivity index (χ1) is 19.8. The second kappa shape index (κ2) is 8.89. The summed E-state index contributed by atoms with van der Waals surface area (Å²) in [6, 6.07) is 40.2. The normalized spacial score (nSPS) is 11.7. The van der Waals surface area contributed by atoms with Gasteiger partial charge in [-0.05, 0) is 53.6 Å². The molecule has 0 saturated carbocycles. The fraction of sp³-hybridized carbons (Fsp3) is 0.0571. The summed E-state index contributed by atoms with van der Waals surface area (Å²) < 4.78 is 4.33. The Morgan fingerprint density at radius 3 is 2.27 bits per heavy atom. The number of aromatic nitrogens is 5. The van der Waals surface area contributed by atoms with E-state index < -0.39 is 0 Å². The number of nitrogens with zero attached hydrogens (tertiary/aromatic N) is 5. The van der Waals surface area contributed by atoms with Crippen molar-refractivity contribution in [2.24, 2.45) is 0 Å². The third kappa shape index (κ3) is 3.45. The van der Waals surface area contributed by atoms with E-state index in [4.69, 9.17) is 15.0 Å². The molecule has 0 bridgehead atoms. The number of pyridine rings is 2. The molecule has 0 saturated heterocycles. The summed E-state index contributed by atoms with van der Waals surface area (Å²) in [5, 5.41) is 2.21. The topological polar surface area (TPSA) is 48.0 Å². The van der Waals surface area contributed by atoms with Gasteiger partial charge in [-0.25, -0.2) is 15.0 Å². The second-order valence-electron chi connectivity index (χ2n) is 10.1. The molecule has 0 aliphatic rings. The standard InChI is InChI=1S/C35H25N5/c1-2-31-36-29-14-5-6-15-30(29)40(31)26-19-17-23(18-20-26)24-10-9-11-25(22-24)33-27-12-3-4-13-28(27)34-35(38-33)39-21-8-7-16-32(39)37-34/h3-22H,2H2,1H3. The summed E-state index contributed by atoms with van der Waals surface area (Å²) in [5.41, 5.74) is 10.3. The van der Waals surface area contributed by atoms with Gasteiger partial charge in [0.05, 0.1) is 16.7 Å². The molecule has 0 radical (unpaired) electrons. The van der Waals surface area contributed by atoms with Gasteiger partial charge in [0.1, 0.15) is 17.0 Å². The van der Waals surface area contributed by atoms with E-state index in [1.807, 2.05) is 30.5 Å². The minimum absolute atomic E-state index is 0.871. The molecule has 4 aromatic heterocycles. The molecule has 5 nitrogen and oxygen atoms in total. The van der Waals surface area contributed by atoms with E-state index in [0.717, 1.165) is 78.9 Å². The quantitative estimate of drug-likeness (QED) is 0.237. The fourth-order valence-corrected chi connectivity index (χ4v) is 5.80. The number of fused-ring (bicyclic) bond motifs is 6. The molecule has 0 N–H and O–H groups in total. The predicted octanol–water partition coefficient (Wildman–Crippen LogP) is 8.27. The van der Waals surface area contributed by atoms with Crippen LogP contribution in [0, 0.1) is 0 Å². The van der Waals surface area contributed by atoms with E-state index >= 15 is 0 Å². The molecule has 0 fully saturated rings. The number of imidazole rings is 2. The summed E-state index contributed by atoms with van der Waals surface area (Å²) in [7, 11) is 0. The van der Waals surface area contributed by atoms with Crippen molar-refractivity contribution in [3.63, 3.8) is 0 Å². The van der Waals surface area contributed by atoms with Gasteiger partial charge in [0.15, 0.2) is 5.65 Å². The highest BCUT2D eigenvalue weighted by Gasteiger charge is 2.16. The summed E-state index contributed by atoms with van der Waals surface area (Å²) in [5.74, 6) is 1.07. The van der Waals surface area contributed by atoms with E-state index in [2.05, 4.69) is 107 Å². The SMILES string of the molecule is CCc1nc2ccccc2n1-c1ccc(-c2cccc(-c3nc4c(nc5ccccn54)c4ccccc34)c2)cc1. The average molecular weight is 516 g/mol. The number of para-hydroxylation sites is 2. The van der Waals surface area contributed by atoms with Gasteiger partial charge in [-0.15, -0.1) is 0 Å². The number of rotatable bonds is 4. The van der Waals surface area contributed by atoms with Crippen LogP contribution in [-0.4, -0.2) is 23.9 Å². The van der Waals surface area contributed by atoms with Crippen molar-refractivity contribution in [2.75, 3.05) is 0 Å². The summed E-state index contributed by atoms with van der Waals surface area (Å²) in [6.45, 7) is 2.15. The van der Waals surface area contributed by atoms with Crippen molar-refractivity contribution in [3.05, 3.63) is 127 Å². The lowest BCUT2D eigenvalue weighted by atomic mass is 9.98. The number of aryl methyl sites for hydroxylation is 1. The smallest absolute Gasteiger partial charge is 0.165 e. The molecule has 0 aliphatic carbocycles. The average Bonchev–Trinajstić information content (AvgIpc) is 3.59. The van der Waals surface area contributed by atoms with Crippen LogP contribution in [0.15, 0.2) is 121 Å². The number of hydrogen-bond acceptors (Lipinski definition) is 3. The summed E-state index contributed by atoms with van der Waals surface area (Å²) in [4.78, 5) is 14.9. The number of hydrogen-bond donors (Lipinski definition) is 0. The third-order valence-electron chi connectivity index (χ3n) is 7.70. The maximum atomic E-state index is 5.18. The molecule has 8 aromatic rings. The molecule has 4 aromatic carbocycles. The van der Waals surface area contributed by atoms with E-state index in [1.165, 1.54) is 0 Å². The first-order valence-electron chi connectivity index (χ1n) is 13.6. The van der Waals surface area contributed by atoms with Crippen molar-refractivity contribution in [2.45, 2.75) is 13.3 Å². The van der Waals surface area contributed by atoms with Gasteiger partial charge in [0.25, 0.3) is 0 Å². The predicted molar refractivity (Wildman–Crippen MR) is 163 cm³/mol. The van der Waals surface area contributed by atoms with Crippen LogP contribution in [0.2, 0.25) is 0 Å². The van der Waals surface area contributed by atoms with Crippen molar-refractivity contribution in [3.8, 4) is 28.1 Å². The lowest BCUT2D eigenvalue weighted by Gasteiger charge is -2.11. The Morgan fingerprint density at radius 2 is 1.40 bits per heavy atom. The molecule has 0 atom stereocenters. The van der Waals surface area contributed by atoms with Crippen LogP contribution in [0.5, 0.6) is 0 Å². The molecule has 0 amide bonds. The monoisotopic (exact) mass is 515 g/mol. The van der Waals surface area contributed by atoms with Crippen LogP contribution in [0.4, 0.5) is 0 Å². The van der Waals surface area contributed by atoms with Gasteiger partial charge >= 0.3 is 0 Å². The largest absolute Gasteiger partial charge is 0.296 e. The van der Waals surface area contributed by atoms with Crippen molar-refractivity contribution >= 4 is 38.6 Å². The van der Waals surface area contributed by atoms with Gasteiger partial charge < -0.3 is 0 Å². The molecule has 40 heavy (non-hydrogen) atoms. The summed E-state index contributed by atoms with van der Waals surface area (Å²) >= 11 is 0. The van der Waals surface area contributed by atoms with Gasteiger partial charge in [-0.1, -0.05) is 79.7 Å². The molecule has 8 rings (SSSR count). The van der Waals surface area contributed by atoms with E-state index in [9.17, 15) is 0 Å². The number of benzene rings is 4. The highest BCUT2D eigenvalue weighted by Crippen LogP contribution is 2.34. The van der Waals surface area contributed by atoms with Gasteiger partial charge in [0.2, 0.25) is 0 Å². The minimum Gasteiger partial charge on any atom is -0.296 e. The molecule has 190 valence electrons. The van der Waals surface area contributed by atoms with Crippen LogP contribution in [0.25, 0.3) is 66.7 Å². The second-order valence-corrected chi connectivity index (χ2v) is 10.1. The van der Waals surface area contributed by atoms with Gasteiger partial charge in [-0.2, -0.15) is 0 Å². The Labute approximate surface area is 231 Å². The fourth-order valence-electron chi connectivity index (χ4n) is 5.80. The lowest BCUT2D eigenvalue weighted by molar-refractivity contribution is 0.908. The Kier molecular flexibility index (Phi) is 5.04. The van der Waals surface area contributed by atoms with Crippen molar-refractivity contribution in [1.82, 2.24) is 23.9 Å². The van der Waals surface area contributed by atoms with Crippen LogP contribution >= 0.6 is 0 Å². The first-order valence-corrected chi connectivity index (χ1v) is 13.6. The molecular formula is C35H25N5. The minimum atomic E-state index is 0.871. The molecular weight excluding hydrogens is 490 g/mol. The van der Waals surface area contributed by atoms with Crippen molar-refractivity contribution in [1.29, 1.82) is 0 Å². The lowest BCUT2D eigenvalue weighted by Crippen LogP contribution is -1.99. The summed E-state index contributed by atoms with van der Waals surface area (Å²) in [6.07, 6.45) is 2.90. The maximum absolute atomic E-state index is 5.18. The molecule has 5 heteroatoms. The van der Waals surface area contributed by atoms with E-state index in [1.54, 1.807) is 0 Å². The zero-order valence-electron chi connectivity index (χ0n) is 22.0. The highest BCUT2D eigenvalue weighted by molar-refractivity contribution is 6.09. The van der Waals surface area contributed by atoms with Gasteiger partial charge in [-0.3, -0.25) is 8.97 Å². The van der Waals surface area contributed by atoms with Crippen LogP contribution in [-0.2, 0) is 6.42 Å². The van der Waals surface area contributed by atoms with Crippen LogP contribution in [0.3, 0.4) is 0 Å². The Morgan fingerprint density at radius 1 is 0.625 bits per heavy atom. The Bertz CT molecular complexity index is 2200. The van der Waals surface area contributed by atoms with Gasteiger partial charge in [0, 0.05) is 34.6 Å². The third-order valence-corrected chi connectivity index (χ3v) is 7.70. The van der Waals surface area contributed by atoms with Crippen LogP contribution < -0.4 is 0 Å². The van der Waals surface area contributed by atoms with E-state index in [0.29, 0.717) is 0 Å². The van der Waals surface area contributed by atoms with Crippen molar-refractivity contribution < 1.29 is 0 Å². The maximum Gasteiger partial charge on any atom is 0.165 e.